The maximum atomic E-state index is 12.2. The van der Waals surface area contributed by atoms with Crippen LogP contribution in [0.4, 0.5) is 10.7 Å². The van der Waals surface area contributed by atoms with E-state index < -0.39 is 5.91 Å². The van der Waals surface area contributed by atoms with Crippen molar-refractivity contribution in [3.63, 3.8) is 0 Å². The van der Waals surface area contributed by atoms with E-state index in [-0.39, 0.29) is 4.88 Å². The number of anilines is 1. The van der Waals surface area contributed by atoms with Crippen molar-refractivity contribution in [3.05, 3.63) is 44.5 Å². The summed E-state index contributed by atoms with van der Waals surface area (Å²) in [7, 11) is 0. The predicted molar refractivity (Wildman–Crippen MR) is 98.3 cm³/mol. The molecule has 6 nitrogen and oxygen atoms in total. The number of ether oxygens (including phenoxy) is 1. The van der Waals surface area contributed by atoms with Gasteiger partial charge in [0.25, 0.3) is 5.91 Å². The lowest BCUT2D eigenvalue weighted by atomic mass is 10.0. The van der Waals surface area contributed by atoms with Gasteiger partial charge in [0.2, 0.25) is 5.69 Å². The summed E-state index contributed by atoms with van der Waals surface area (Å²) in [5.74, 6) is -0.685. The Kier molecular flexibility index (Phi) is 5.47. The monoisotopic (exact) mass is 397 g/mol. The van der Waals surface area contributed by atoms with E-state index in [1.54, 1.807) is 23.7 Å². The van der Waals surface area contributed by atoms with E-state index in [2.05, 4.69) is 4.85 Å². The fourth-order valence-electron chi connectivity index (χ4n) is 2.65. The zero-order chi connectivity index (χ0) is 18.0. The van der Waals surface area contributed by atoms with Gasteiger partial charge < -0.3 is 9.64 Å². The lowest BCUT2D eigenvalue weighted by Gasteiger charge is -2.28. The van der Waals surface area contributed by atoms with Crippen LogP contribution in [0, 0.1) is 6.57 Å². The van der Waals surface area contributed by atoms with Gasteiger partial charge in [-0.3, -0.25) is 10.0 Å². The van der Waals surface area contributed by atoms with E-state index >= 15 is 0 Å². The number of halogens is 2. The molecule has 1 saturated heterocycles. The summed E-state index contributed by atoms with van der Waals surface area (Å²) in [5.41, 5.74) is 2.89. The van der Waals surface area contributed by atoms with Gasteiger partial charge in [0.15, 0.2) is 0 Å². The molecule has 9 heteroatoms. The molecule has 1 aliphatic heterocycles. The molecule has 0 radical (unpaired) electrons. The summed E-state index contributed by atoms with van der Waals surface area (Å²) < 4.78 is 5.35. The molecule has 1 aliphatic rings. The Morgan fingerprint density at radius 1 is 1.36 bits per heavy atom. The molecule has 1 fully saturated rings. The summed E-state index contributed by atoms with van der Waals surface area (Å²) in [6, 6.07) is 4.86. The number of nitrogens with one attached hydrogen (secondary N) is 1. The van der Waals surface area contributed by atoms with Crippen LogP contribution in [0.25, 0.3) is 16.0 Å². The number of carbonyl (C=O) groups excluding carboxylic acids is 1. The number of carbonyl (C=O) groups is 1. The molecule has 3 rings (SSSR count). The van der Waals surface area contributed by atoms with Crippen molar-refractivity contribution in [2.24, 2.45) is 0 Å². The molecule has 1 aromatic heterocycles. The first-order chi connectivity index (χ1) is 12.1. The fourth-order valence-corrected chi connectivity index (χ4v) is 4.35. The second-order valence-electron chi connectivity index (χ2n) is 5.24. The Morgan fingerprint density at radius 2 is 2.08 bits per heavy atom. The van der Waals surface area contributed by atoms with Crippen molar-refractivity contribution in [1.82, 2.24) is 5.48 Å². The maximum absolute atomic E-state index is 12.2. The molecule has 130 valence electrons. The van der Waals surface area contributed by atoms with Crippen LogP contribution >= 0.6 is 34.5 Å². The summed E-state index contributed by atoms with van der Waals surface area (Å²) in [4.78, 5) is 18.1. The number of morpholine rings is 1. The molecular weight excluding hydrogens is 385 g/mol. The Balaban J connectivity index is 2.22. The SMILES string of the molecule is [C-]#[N+]c1c(N2CCOCC2)sc(C(=O)NO)c1-c1ccc(Cl)cc1Cl. The number of rotatable bonds is 3. The van der Waals surface area contributed by atoms with Gasteiger partial charge in [-0.05, 0) is 17.7 Å². The first-order valence-corrected chi connectivity index (χ1v) is 8.91. The van der Waals surface area contributed by atoms with Gasteiger partial charge in [0.05, 0.1) is 29.7 Å². The predicted octanol–water partition coefficient (Wildman–Crippen LogP) is 4.23. The van der Waals surface area contributed by atoms with E-state index in [9.17, 15) is 4.79 Å². The maximum Gasteiger partial charge on any atom is 0.284 e. The summed E-state index contributed by atoms with van der Waals surface area (Å²) in [5, 5.41) is 10.5. The van der Waals surface area contributed by atoms with Gasteiger partial charge >= 0.3 is 0 Å². The third-order valence-corrected chi connectivity index (χ3v) is 5.57. The molecule has 2 heterocycles. The van der Waals surface area contributed by atoms with Crippen LogP contribution in [0.5, 0.6) is 0 Å². The van der Waals surface area contributed by atoms with E-state index in [1.807, 2.05) is 4.90 Å². The summed E-state index contributed by atoms with van der Waals surface area (Å²) in [6.45, 7) is 9.97. The highest BCUT2D eigenvalue weighted by Crippen LogP contribution is 2.50. The largest absolute Gasteiger partial charge is 0.378 e. The summed E-state index contributed by atoms with van der Waals surface area (Å²) in [6.07, 6.45) is 0. The number of thiophene rings is 1. The van der Waals surface area contributed by atoms with Gasteiger partial charge in [0.1, 0.15) is 0 Å². The highest BCUT2D eigenvalue weighted by Gasteiger charge is 2.28. The second kappa shape index (κ2) is 7.60. The number of hydrogen-bond acceptors (Lipinski definition) is 5. The topological polar surface area (TPSA) is 66.2 Å². The Bertz CT molecular complexity index is 857. The minimum absolute atomic E-state index is 0.221. The van der Waals surface area contributed by atoms with Crippen molar-refractivity contribution >= 4 is 51.1 Å². The third kappa shape index (κ3) is 3.45. The Labute approximate surface area is 158 Å². The molecule has 0 unspecified atom stereocenters. The summed E-state index contributed by atoms with van der Waals surface area (Å²) >= 11 is 13.4. The van der Waals surface area contributed by atoms with E-state index in [0.29, 0.717) is 58.2 Å². The average molecular weight is 398 g/mol. The van der Waals surface area contributed by atoms with Gasteiger partial charge in [-0.2, -0.15) is 0 Å². The van der Waals surface area contributed by atoms with E-state index in [0.717, 1.165) is 11.3 Å². The highest BCUT2D eigenvalue weighted by molar-refractivity contribution is 7.19. The van der Waals surface area contributed by atoms with Crippen molar-refractivity contribution in [3.8, 4) is 11.1 Å². The Morgan fingerprint density at radius 3 is 2.68 bits per heavy atom. The molecule has 2 aromatic rings. The van der Waals surface area contributed by atoms with Gasteiger partial charge in [0, 0.05) is 28.7 Å². The number of benzene rings is 1. The van der Waals surface area contributed by atoms with Crippen molar-refractivity contribution in [2.75, 3.05) is 31.2 Å². The molecule has 0 saturated carbocycles. The molecule has 0 aliphatic carbocycles. The number of nitrogens with zero attached hydrogens (tertiary/aromatic N) is 2. The minimum atomic E-state index is -0.685. The van der Waals surface area contributed by atoms with Crippen LogP contribution in [-0.2, 0) is 4.74 Å². The van der Waals surface area contributed by atoms with Crippen LogP contribution in [0.3, 0.4) is 0 Å². The van der Waals surface area contributed by atoms with Gasteiger partial charge in [-0.1, -0.05) is 29.3 Å². The molecule has 0 atom stereocenters. The van der Waals surface area contributed by atoms with Crippen LogP contribution in [0.15, 0.2) is 18.2 Å². The zero-order valence-electron chi connectivity index (χ0n) is 12.9. The molecular formula is C16H13Cl2N3O3S. The van der Waals surface area contributed by atoms with Gasteiger partial charge in [-0.25, -0.2) is 10.3 Å². The minimum Gasteiger partial charge on any atom is -0.378 e. The standard InChI is InChI=1S/C16H13Cl2N3O3S/c1-19-13-12(10-3-2-9(17)8-11(10)18)14(15(22)20-23)25-16(13)21-4-6-24-7-5-21/h2-3,8,23H,4-7H2,(H,20,22). The lowest BCUT2D eigenvalue weighted by molar-refractivity contribution is 0.0711. The highest BCUT2D eigenvalue weighted by atomic mass is 35.5. The van der Waals surface area contributed by atoms with E-state index in [4.69, 9.17) is 39.7 Å². The molecule has 2 N–H and O–H groups in total. The van der Waals surface area contributed by atoms with Crippen molar-refractivity contribution in [2.45, 2.75) is 0 Å². The smallest absolute Gasteiger partial charge is 0.284 e. The average Bonchev–Trinajstić information content (AvgIpc) is 3.01. The van der Waals surface area contributed by atoms with Crippen LogP contribution < -0.4 is 10.4 Å². The number of hydroxylamine groups is 1. The molecule has 0 bridgehead atoms. The van der Waals surface area contributed by atoms with Crippen LogP contribution in [0.1, 0.15) is 9.67 Å². The molecule has 25 heavy (non-hydrogen) atoms. The van der Waals surface area contributed by atoms with Crippen molar-refractivity contribution < 1.29 is 14.7 Å². The molecule has 1 amide bonds. The lowest BCUT2D eigenvalue weighted by Crippen LogP contribution is -2.35. The van der Waals surface area contributed by atoms with E-state index in [1.165, 1.54) is 0 Å². The van der Waals surface area contributed by atoms with Gasteiger partial charge in [-0.15, -0.1) is 11.3 Å². The number of amides is 1. The first kappa shape index (κ1) is 18.0. The first-order valence-electron chi connectivity index (χ1n) is 7.33. The number of hydrogen-bond donors (Lipinski definition) is 2. The molecule has 1 aromatic carbocycles. The third-order valence-electron chi connectivity index (χ3n) is 3.78. The van der Waals surface area contributed by atoms with Crippen LogP contribution in [0.2, 0.25) is 10.0 Å². The second-order valence-corrected chi connectivity index (χ2v) is 7.08. The van der Waals surface area contributed by atoms with Crippen LogP contribution in [-0.4, -0.2) is 37.4 Å². The van der Waals surface area contributed by atoms with Crippen molar-refractivity contribution in [1.29, 1.82) is 0 Å². The molecule has 0 spiro atoms. The zero-order valence-corrected chi connectivity index (χ0v) is 15.2. The fraction of sp³-hybridized carbons (Fsp3) is 0.250. The Hall–Kier alpha value is -1.82. The normalized spacial score (nSPS) is 14.2. The quantitative estimate of drug-likeness (QED) is 0.462.